The van der Waals surface area contributed by atoms with Crippen molar-refractivity contribution < 1.29 is 5.11 Å². The zero-order valence-corrected chi connectivity index (χ0v) is 6.99. The maximum Gasteiger partial charge on any atom is 0.124 e. The fourth-order valence-corrected chi connectivity index (χ4v) is 1.36. The van der Waals surface area contributed by atoms with Gasteiger partial charge in [-0.3, -0.25) is 0 Å². The van der Waals surface area contributed by atoms with Crippen LogP contribution in [0.3, 0.4) is 0 Å². The topological polar surface area (TPSA) is 44.1 Å². The Morgan fingerprint density at radius 2 is 1.69 bits per heavy atom. The minimum atomic E-state index is 0.161. The minimum absolute atomic E-state index is 0.161. The number of aromatic hydroxyl groups is 1. The summed E-state index contributed by atoms with van der Waals surface area (Å²) in [5.41, 5.74) is 0.554. The summed E-state index contributed by atoms with van der Waals surface area (Å²) < 4.78 is 0. The van der Waals surface area contributed by atoms with Gasteiger partial charge in [0.25, 0.3) is 0 Å². The molecule has 0 radical (unpaired) electrons. The predicted molar refractivity (Wildman–Crippen MR) is 53.5 cm³/mol. The SMILES string of the molecule is N=Cc1cc2ccccc2cc1O. The van der Waals surface area contributed by atoms with Gasteiger partial charge in [0.1, 0.15) is 5.75 Å². The van der Waals surface area contributed by atoms with Crippen molar-refractivity contribution in [2.75, 3.05) is 0 Å². The van der Waals surface area contributed by atoms with Gasteiger partial charge in [0.05, 0.1) is 0 Å². The summed E-state index contributed by atoms with van der Waals surface area (Å²) in [4.78, 5) is 0. The summed E-state index contributed by atoms with van der Waals surface area (Å²) >= 11 is 0. The summed E-state index contributed by atoms with van der Waals surface area (Å²) in [5, 5.41) is 18.6. The molecule has 0 aliphatic rings. The van der Waals surface area contributed by atoms with Crippen LogP contribution in [0.2, 0.25) is 0 Å². The molecule has 0 heterocycles. The van der Waals surface area contributed by atoms with Crippen molar-refractivity contribution in [2.45, 2.75) is 0 Å². The van der Waals surface area contributed by atoms with Crippen molar-refractivity contribution in [2.24, 2.45) is 0 Å². The largest absolute Gasteiger partial charge is 0.507 e. The van der Waals surface area contributed by atoms with Gasteiger partial charge in [-0.25, -0.2) is 0 Å². The first-order valence-corrected chi connectivity index (χ1v) is 4.03. The molecule has 2 aromatic carbocycles. The molecule has 0 aliphatic heterocycles. The zero-order valence-electron chi connectivity index (χ0n) is 6.99. The lowest BCUT2D eigenvalue weighted by atomic mass is 10.1. The van der Waals surface area contributed by atoms with Crippen LogP contribution in [-0.2, 0) is 0 Å². The number of benzene rings is 2. The van der Waals surface area contributed by atoms with Crippen molar-refractivity contribution in [1.82, 2.24) is 0 Å². The average molecular weight is 171 g/mol. The molecule has 2 heteroatoms. The molecule has 0 amide bonds. The van der Waals surface area contributed by atoms with Crippen LogP contribution in [0.25, 0.3) is 10.8 Å². The predicted octanol–water partition coefficient (Wildman–Crippen LogP) is 2.54. The van der Waals surface area contributed by atoms with Crippen molar-refractivity contribution >= 4 is 17.0 Å². The van der Waals surface area contributed by atoms with Crippen LogP contribution in [0.5, 0.6) is 5.75 Å². The monoisotopic (exact) mass is 171 g/mol. The highest BCUT2D eigenvalue weighted by atomic mass is 16.3. The Hall–Kier alpha value is -1.83. The highest BCUT2D eigenvalue weighted by molar-refractivity contribution is 5.92. The molecule has 64 valence electrons. The maximum absolute atomic E-state index is 9.46. The molecular formula is C11H9NO. The third-order valence-corrected chi connectivity index (χ3v) is 2.05. The van der Waals surface area contributed by atoms with Crippen molar-refractivity contribution in [3.05, 3.63) is 42.0 Å². The second-order valence-electron chi connectivity index (χ2n) is 2.90. The van der Waals surface area contributed by atoms with E-state index in [9.17, 15) is 5.11 Å². The van der Waals surface area contributed by atoms with Crippen LogP contribution in [0.4, 0.5) is 0 Å². The van der Waals surface area contributed by atoms with Gasteiger partial charge in [0.2, 0.25) is 0 Å². The van der Waals surface area contributed by atoms with E-state index in [1.807, 2.05) is 24.3 Å². The van der Waals surface area contributed by atoms with E-state index in [0.29, 0.717) is 5.56 Å². The van der Waals surface area contributed by atoms with Crippen LogP contribution >= 0.6 is 0 Å². The van der Waals surface area contributed by atoms with Gasteiger partial charge in [0, 0.05) is 11.8 Å². The van der Waals surface area contributed by atoms with Gasteiger partial charge >= 0.3 is 0 Å². The van der Waals surface area contributed by atoms with Gasteiger partial charge in [-0.05, 0) is 22.9 Å². The van der Waals surface area contributed by atoms with Gasteiger partial charge < -0.3 is 10.5 Å². The van der Waals surface area contributed by atoms with E-state index in [0.717, 1.165) is 17.0 Å². The van der Waals surface area contributed by atoms with Crippen LogP contribution in [0.15, 0.2) is 36.4 Å². The number of nitrogens with one attached hydrogen (secondary N) is 1. The first-order valence-electron chi connectivity index (χ1n) is 4.03. The number of phenols is 1. The van der Waals surface area contributed by atoms with Crippen molar-refractivity contribution in [3.63, 3.8) is 0 Å². The summed E-state index contributed by atoms with van der Waals surface area (Å²) in [6.45, 7) is 0. The zero-order chi connectivity index (χ0) is 9.26. The van der Waals surface area contributed by atoms with E-state index in [4.69, 9.17) is 5.41 Å². The van der Waals surface area contributed by atoms with Gasteiger partial charge in [-0.15, -0.1) is 0 Å². The molecule has 2 nitrogen and oxygen atoms in total. The molecule has 0 unspecified atom stereocenters. The molecule has 2 N–H and O–H groups in total. The van der Waals surface area contributed by atoms with Crippen LogP contribution in [0.1, 0.15) is 5.56 Å². The second kappa shape index (κ2) is 2.90. The molecule has 0 atom stereocenters. The Balaban J connectivity index is 2.81. The molecular weight excluding hydrogens is 162 g/mol. The summed E-state index contributed by atoms with van der Waals surface area (Å²) in [6.07, 6.45) is 1.15. The van der Waals surface area contributed by atoms with E-state index >= 15 is 0 Å². The lowest BCUT2D eigenvalue weighted by Gasteiger charge is -2.01. The smallest absolute Gasteiger partial charge is 0.124 e. The van der Waals surface area contributed by atoms with Gasteiger partial charge in [-0.2, -0.15) is 0 Å². The lowest BCUT2D eigenvalue weighted by molar-refractivity contribution is 0.475. The Morgan fingerprint density at radius 3 is 2.31 bits per heavy atom. The van der Waals surface area contributed by atoms with Crippen LogP contribution < -0.4 is 0 Å². The normalized spacial score (nSPS) is 10.2. The number of fused-ring (bicyclic) bond motifs is 1. The number of hydrogen-bond donors (Lipinski definition) is 2. The average Bonchev–Trinajstić information content (AvgIpc) is 2.17. The molecule has 2 rings (SSSR count). The number of phenolic OH excluding ortho intramolecular Hbond substituents is 1. The molecule has 0 bridgehead atoms. The Kier molecular flexibility index (Phi) is 1.74. The highest BCUT2D eigenvalue weighted by Gasteiger charge is 1.99. The van der Waals surface area contributed by atoms with Gasteiger partial charge in [0.15, 0.2) is 0 Å². The molecule has 0 saturated carbocycles. The van der Waals surface area contributed by atoms with E-state index in [-0.39, 0.29) is 5.75 Å². The quantitative estimate of drug-likeness (QED) is 0.636. The van der Waals surface area contributed by atoms with E-state index < -0.39 is 0 Å². The fraction of sp³-hybridized carbons (Fsp3) is 0. The standard InChI is InChI=1S/C11H9NO/c12-7-10-5-8-3-1-2-4-9(8)6-11(10)13/h1-7,12-13H. The third-order valence-electron chi connectivity index (χ3n) is 2.05. The Labute approximate surface area is 76.0 Å². The third kappa shape index (κ3) is 1.26. The molecule has 0 fully saturated rings. The minimum Gasteiger partial charge on any atom is -0.507 e. The first-order chi connectivity index (χ1) is 6.31. The van der Waals surface area contributed by atoms with Crippen molar-refractivity contribution in [1.29, 1.82) is 5.41 Å². The molecule has 0 spiro atoms. The molecule has 0 aromatic heterocycles. The molecule has 0 saturated heterocycles. The molecule has 2 aromatic rings. The number of hydrogen-bond acceptors (Lipinski definition) is 2. The summed E-state index contributed by atoms with van der Waals surface area (Å²) in [6, 6.07) is 11.2. The summed E-state index contributed by atoms with van der Waals surface area (Å²) in [5.74, 6) is 0.161. The van der Waals surface area contributed by atoms with Gasteiger partial charge in [-0.1, -0.05) is 24.3 Å². The Morgan fingerprint density at radius 1 is 1.08 bits per heavy atom. The second-order valence-corrected chi connectivity index (χ2v) is 2.90. The highest BCUT2D eigenvalue weighted by Crippen LogP contribution is 2.23. The Bertz CT molecular complexity index is 463. The van der Waals surface area contributed by atoms with E-state index in [1.54, 1.807) is 12.1 Å². The molecule has 13 heavy (non-hydrogen) atoms. The van der Waals surface area contributed by atoms with E-state index in [1.165, 1.54) is 0 Å². The lowest BCUT2D eigenvalue weighted by Crippen LogP contribution is -1.81. The molecule has 0 aliphatic carbocycles. The fourth-order valence-electron chi connectivity index (χ4n) is 1.36. The maximum atomic E-state index is 9.46. The van der Waals surface area contributed by atoms with Crippen LogP contribution in [-0.4, -0.2) is 11.3 Å². The first kappa shape index (κ1) is 7.80. The van der Waals surface area contributed by atoms with Crippen molar-refractivity contribution in [3.8, 4) is 5.75 Å². The summed E-state index contributed by atoms with van der Waals surface area (Å²) in [7, 11) is 0. The van der Waals surface area contributed by atoms with E-state index in [2.05, 4.69) is 0 Å². The number of rotatable bonds is 1. The van der Waals surface area contributed by atoms with Crippen LogP contribution in [0, 0.1) is 5.41 Å².